The first kappa shape index (κ1) is 9.44. The highest BCUT2D eigenvalue weighted by Gasteiger charge is 1.92. The molecular weight excluding hydrogens is 190 g/mol. The van der Waals surface area contributed by atoms with Gasteiger partial charge in [-0.05, 0) is 6.07 Å². The van der Waals surface area contributed by atoms with Crippen molar-refractivity contribution < 1.29 is 0 Å². The van der Waals surface area contributed by atoms with Gasteiger partial charge in [0.1, 0.15) is 0 Å². The third-order valence-corrected chi connectivity index (χ3v) is 1.76. The van der Waals surface area contributed by atoms with Crippen LogP contribution in [0.1, 0.15) is 12.0 Å². The summed E-state index contributed by atoms with van der Waals surface area (Å²) in [7, 11) is 0. The Labute approximate surface area is 82.6 Å². The van der Waals surface area contributed by atoms with Crippen LogP contribution in [-0.2, 0) is 0 Å². The van der Waals surface area contributed by atoms with Gasteiger partial charge in [-0.3, -0.25) is 4.98 Å². The van der Waals surface area contributed by atoms with Crippen molar-refractivity contribution in [1.82, 2.24) is 4.98 Å². The predicted molar refractivity (Wildman–Crippen MR) is 54.6 cm³/mol. The zero-order valence-electron chi connectivity index (χ0n) is 6.42. The maximum atomic E-state index is 5.82. The molecule has 0 radical (unpaired) electrons. The number of hydrogen-bond donors (Lipinski definition) is 1. The summed E-state index contributed by atoms with van der Waals surface area (Å²) in [6.07, 6.45) is 4.05. The molecule has 0 aliphatic heterocycles. The number of thiol groups is 1. The van der Waals surface area contributed by atoms with Crippen LogP contribution in [0.25, 0.3) is 0 Å². The maximum Gasteiger partial charge on any atom is 0.0745 e. The van der Waals surface area contributed by atoms with E-state index < -0.39 is 0 Å². The SMILES string of the molecule is SCCC#Cc1ccncc1Cl. The lowest BCUT2D eigenvalue weighted by Crippen LogP contribution is -1.78. The molecule has 1 aromatic rings. The van der Waals surface area contributed by atoms with E-state index in [1.54, 1.807) is 18.5 Å². The third kappa shape index (κ3) is 2.77. The molecular formula is C9H8ClNS. The van der Waals surface area contributed by atoms with Gasteiger partial charge in [-0.25, -0.2) is 0 Å². The Bertz CT molecular complexity index is 314. The number of halogens is 1. The molecule has 0 aliphatic carbocycles. The van der Waals surface area contributed by atoms with Crippen LogP contribution in [0.2, 0.25) is 5.02 Å². The summed E-state index contributed by atoms with van der Waals surface area (Å²) >= 11 is 9.86. The third-order valence-electron chi connectivity index (χ3n) is 1.23. The molecule has 1 nitrogen and oxygen atoms in total. The van der Waals surface area contributed by atoms with Crippen LogP contribution in [-0.4, -0.2) is 10.7 Å². The molecule has 1 heterocycles. The smallest absolute Gasteiger partial charge is 0.0745 e. The number of nitrogens with zero attached hydrogens (tertiary/aromatic N) is 1. The largest absolute Gasteiger partial charge is 0.263 e. The van der Waals surface area contributed by atoms with Crippen LogP contribution in [0, 0.1) is 11.8 Å². The van der Waals surface area contributed by atoms with Crippen LogP contribution in [0.3, 0.4) is 0 Å². The van der Waals surface area contributed by atoms with E-state index in [2.05, 4.69) is 29.5 Å². The topological polar surface area (TPSA) is 12.9 Å². The number of hydrogen-bond acceptors (Lipinski definition) is 2. The van der Waals surface area contributed by atoms with E-state index in [9.17, 15) is 0 Å². The molecule has 0 aliphatic rings. The molecule has 0 N–H and O–H groups in total. The first-order valence-electron chi connectivity index (χ1n) is 3.54. The van der Waals surface area contributed by atoms with Crippen LogP contribution in [0.4, 0.5) is 0 Å². The van der Waals surface area contributed by atoms with Gasteiger partial charge in [0.05, 0.1) is 5.02 Å². The molecule has 0 bridgehead atoms. The highest BCUT2D eigenvalue weighted by Crippen LogP contribution is 2.11. The molecule has 3 heteroatoms. The van der Waals surface area contributed by atoms with Crippen molar-refractivity contribution in [1.29, 1.82) is 0 Å². The highest BCUT2D eigenvalue weighted by atomic mass is 35.5. The summed E-state index contributed by atoms with van der Waals surface area (Å²) in [5, 5.41) is 0.601. The fourth-order valence-electron chi connectivity index (χ4n) is 0.690. The van der Waals surface area contributed by atoms with Crippen molar-refractivity contribution in [3.8, 4) is 11.8 Å². The zero-order valence-corrected chi connectivity index (χ0v) is 8.07. The van der Waals surface area contributed by atoms with E-state index in [1.807, 2.05) is 0 Å². The summed E-state index contributed by atoms with van der Waals surface area (Å²) in [5.41, 5.74) is 0.827. The maximum absolute atomic E-state index is 5.82. The lowest BCUT2D eigenvalue weighted by Gasteiger charge is -1.91. The minimum Gasteiger partial charge on any atom is -0.263 e. The summed E-state index contributed by atoms with van der Waals surface area (Å²) in [5.74, 6) is 6.67. The van der Waals surface area contributed by atoms with Crippen molar-refractivity contribution in [2.75, 3.05) is 5.75 Å². The standard InChI is InChI=1S/C9H8ClNS/c10-9-7-11-5-4-8(9)3-1-2-6-12/h4-5,7,12H,2,6H2. The van der Waals surface area contributed by atoms with Crippen LogP contribution >= 0.6 is 24.2 Å². The molecule has 0 spiro atoms. The first-order chi connectivity index (χ1) is 5.84. The quantitative estimate of drug-likeness (QED) is 0.539. The second-order valence-corrected chi connectivity index (χ2v) is 2.99. The summed E-state index contributed by atoms with van der Waals surface area (Å²) in [6.45, 7) is 0. The summed E-state index contributed by atoms with van der Waals surface area (Å²) in [6, 6.07) is 1.80. The Kier molecular flexibility index (Phi) is 3.99. The van der Waals surface area contributed by atoms with Crippen molar-refractivity contribution in [2.45, 2.75) is 6.42 Å². The Balaban J connectivity index is 2.77. The van der Waals surface area contributed by atoms with E-state index >= 15 is 0 Å². The van der Waals surface area contributed by atoms with Crippen LogP contribution in [0.5, 0.6) is 0 Å². The second kappa shape index (κ2) is 5.08. The molecule has 1 aromatic heterocycles. The lowest BCUT2D eigenvalue weighted by atomic mass is 10.2. The lowest BCUT2D eigenvalue weighted by molar-refractivity contribution is 1.30. The van der Waals surface area contributed by atoms with Gasteiger partial charge in [0.2, 0.25) is 0 Å². The zero-order chi connectivity index (χ0) is 8.81. The van der Waals surface area contributed by atoms with Gasteiger partial charge in [0, 0.05) is 30.1 Å². The Morgan fingerprint density at radius 2 is 2.42 bits per heavy atom. The fourth-order valence-corrected chi connectivity index (χ4v) is 0.969. The van der Waals surface area contributed by atoms with E-state index in [1.165, 1.54) is 0 Å². The molecule has 0 atom stereocenters. The van der Waals surface area contributed by atoms with E-state index in [-0.39, 0.29) is 0 Å². The van der Waals surface area contributed by atoms with Crippen LogP contribution in [0.15, 0.2) is 18.5 Å². The van der Waals surface area contributed by atoms with E-state index in [0.717, 1.165) is 17.7 Å². The van der Waals surface area contributed by atoms with Gasteiger partial charge >= 0.3 is 0 Å². The van der Waals surface area contributed by atoms with Gasteiger partial charge in [0.25, 0.3) is 0 Å². The van der Waals surface area contributed by atoms with Gasteiger partial charge < -0.3 is 0 Å². The van der Waals surface area contributed by atoms with Gasteiger partial charge in [0.15, 0.2) is 0 Å². The average molecular weight is 198 g/mol. The van der Waals surface area contributed by atoms with Crippen LogP contribution < -0.4 is 0 Å². The van der Waals surface area contributed by atoms with Crippen molar-refractivity contribution in [3.63, 3.8) is 0 Å². The minimum atomic E-state index is 0.601. The molecule has 0 amide bonds. The Morgan fingerprint density at radius 1 is 1.58 bits per heavy atom. The van der Waals surface area contributed by atoms with Gasteiger partial charge in [-0.2, -0.15) is 12.6 Å². The fraction of sp³-hybridized carbons (Fsp3) is 0.222. The van der Waals surface area contributed by atoms with Crippen molar-refractivity contribution in [2.24, 2.45) is 0 Å². The minimum absolute atomic E-state index is 0.601. The normalized spacial score (nSPS) is 8.83. The van der Waals surface area contributed by atoms with Crippen molar-refractivity contribution in [3.05, 3.63) is 29.0 Å². The number of pyridine rings is 1. The van der Waals surface area contributed by atoms with E-state index in [4.69, 9.17) is 11.6 Å². The first-order valence-corrected chi connectivity index (χ1v) is 4.55. The Hall–Kier alpha value is -0.650. The number of aromatic nitrogens is 1. The molecule has 0 unspecified atom stereocenters. The second-order valence-electron chi connectivity index (χ2n) is 2.13. The summed E-state index contributed by atoms with van der Waals surface area (Å²) in [4.78, 5) is 3.86. The number of rotatable bonds is 1. The van der Waals surface area contributed by atoms with E-state index in [0.29, 0.717) is 5.02 Å². The molecule has 0 aromatic carbocycles. The molecule has 1 rings (SSSR count). The Morgan fingerprint density at radius 3 is 3.08 bits per heavy atom. The molecule has 0 fully saturated rings. The molecule has 12 heavy (non-hydrogen) atoms. The monoisotopic (exact) mass is 197 g/mol. The van der Waals surface area contributed by atoms with Crippen molar-refractivity contribution >= 4 is 24.2 Å². The highest BCUT2D eigenvalue weighted by molar-refractivity contribution is 7.80. The molecule has 62 valence electrons. The predicted octanol–water partition coefficient (Wildman–Crippen LogP) is 2.41. The van der Waals surface area contributed by atoms with Gasteiger partial charge in [-0.15, -0.1) is 0 Å². The van der Waals surface area contributed by atoms with Gasteiger partial charge in [-0.1, -0.05) is 23.4 Å². The molecule has 0 saturated carbocycles. The molecule has 0 saturated heterocycles. The summed E-state index contributed by atoms with van der Waals surface area (Å²) < 4.78 is 0. The average Bonchev–Trinajstić information content (AvgIpc) is 2.09.